The third-order valence-corrected chi connectivity index (χ3v) is 7.13. The molecule has 33 heavy (non-hydrogen) atoms. The van der Waals surface area contributed by atoms with Gasteiger partial charge in [0.25, 0.3) is 0 Å². The van der Waals surface area contributed by atoms with Gasteiger partial charge in [0.2, 0.25) is 5.91 Å². The van der Waals surface area contributed by atoms with Crippen LogP contribution < -0.4 is 14.2 Å². The van der Waals surface area contributed by atoms with E-state index in [0.29, 0.717) is 24.5 Å². The first-order chi connectivity index (χ1) is 16.0. The number of methoxy groups -OCH3 is 3. The molecule has 0 unspecified atom stereocenters. The van der Waals surface area contributed by atoms with E-state index in [0.717, 1.165) is 42.6 Å². The molecule has 1 saturated heterocycles. The van der Waals surface area contributed by atoms with Crippen LogP contribution in [0.3, 0.4) is 0 Å². The van der Waals surface area contributed by atoms with Crippen molar-refractivity contribution < 1.29 is 24.1 Å². The molecule has 176 valence electrons. The van der Waals surface area contributed by atoms with Gasteiger partial charge in [-0.15, -0.1) is 0 Å². The Hall–Kier alpha value is -2.99. The third kappa shape index (κ3) is 4.58. The Morgan fingerprint density at radius 1 is 1.00 bits per heavy atom. The van der Waals surface area contributed by atoms with Crippen molar-refractivity contribution in [3.63, 3.8) is 0 Å². The first kappa shape index (κ1) is 23.2. The highest BCUT2D eigenvalue weighted by Crippen LogP contribution is 2.50. The quantitative estimate of drug-likeness (QED) is 0.649. The number of ether oxygens (including phenoxy) is 3. The number of amides is 1. The van der Waals surface area contributed by atoms with E-state index in [1.807, 2.05) is 47.4 Å². The summed E-state index contributed by atoms with van der Waals surface area (Å²) in [7, 11) is 4.84. The highest BCUT2D eigenvalue weighted by molar-refractivity contribution is 5.92. The molecule has 6 nitrogen and oxygen atoms in total. The van der Waals surface area contributed by atoms with Gasteiger partial charge in [-0.3, -0.25) is 4.79 Å². The second-order valence-corrected chi connectivity index (χ2v) is 8.87. The zero-order valence-corrected chi connectivity index (χ0v) is 19.6. The topological polar surface area (TPSA) is 68.2 Å². The van der Waals surface area contributed by atoms with Crippen molar-refractivity contribution in [2.45, 2.75) is 43.7 Å². The molecule has 2 aromatic carbocycles. The number of para-hydroxylation sites is 1. The summed E-state index contributed by atoms with van der Waals surface area (Å²) in [5.41, 5.74) is 1.06. The van der Waals surface area contributed by atoms with Crippen molar-refractivity contribution >= 4 is 12.0 Å². The van der Waals surface area contributed by atoms with Gasteiger partial charge in [-0.2, -0.15) is 0 Å². The van der Waals surface area contributed by atoms with E-state index in [1.165, 1.54) is 0 Å². The minimum atomic E-state index is -0.742. The first-order valence-corrected chi connectivity index (χ1v) is 11.6. The molecule has 6 heteroatoms. The lowest BCUT2D eigenvalue weighted by Crippen LogP contribution is -2.56. The molecule has 0 aromatic heterocycles. The van der Waals surface area contributed by atoms with Crippen LogP contribution in [0.25, 0.3) is 6.08 Å². The summed E-state index contributed by atoms with van der Waals surface area (Å²) in [6.07, 6.45) is 7.76. The van der Waals surface area contributed by atoms with Gasteiger partial charge in [0.1, 0.15) is 5.75 Å². The van der Waals surface area contributed by atoms with Crippen LogP contribution in [0.15, 0.2) is 48.5 Å². The number of aliphatic hydroxyl groups is 1. The SMILES string of the molecule is COc1ccc(/C=C/C(=O)N2CC[C@]3(O)CCCC[C@H]3[C@@H]2c2ccccc2OC)cc1OC. The van der Waals surface area contributed by atoms with Gasteiger partial charge < -0.3 is 24.2 Å². The summed E-state index contributed by atoms with van der Waals surface area (Å²) >= 11 is 0. The van der Waals surface area contributed by atoms with Crippen molar-refractivity contribution in [1.29, 1.82) is 0 Å². The Bertz CT molecular complexity index is 1020. The Balaban J connectivity index is 1.66. The fourth-order valence-corrected chi connectivity index (χ4v) is 5.44. The number of hydrogen-bond donors (Lipinski definition) is 1. The average Bonchev–Trinajstić information content (AvgIpc) is 2.86. The van der Waals surface area contributed by atoms with Gasteiger partial charge in [0, 0.05) is 24.1 Å². The Kier molecular flexibility index (Phi) is 6.94. The highest BCUT2D eigenvalue weighted by atomic mass is 16.5. The molecule has 2 aromatic rings. The summed E-state index contributed by atoms with van der Waals surface area (Å²) < 4.78 is 16.3. The summed E-state index contributed by atoms with van der Waals surface area (Å²) in [5, 5.41) is 11.5. The lowest BCUT2D eigenvalue weighted by atomic mass is 9.66. The average molecular weight is 452 g/mol. The molecule has 0 bridgehead atoms. The van der Waals surface area contributed by atoms with Crippen LogP contribution in [0.1, 0.15) is 49.3 Å². The molecule has 4 rings (SSSR count). The zero-order valence-electron chi connectivity index (χ0n) is 19.6. The number of benzene rings is 2. The van der Waals surface area contributed by atoms with Gasteiger partial charge in [-0.25, -0.2) is 0 Å². The number of likely N-dealkylation sites (tertiary alicyclic amines) is 1. The number of carbonyl (C=O) groups is 1. The maximum Gasteiger partial charge on any atom is 0.247 e. The predicted molar refractivity (Wildman–Crippen MR) is 128 cm³/mol. The minimum Gasteiger partial charge on any atom is -0.496 e. The second-order valence-electron chi connectivity index (χ2n) is 8.87. The van der Waals surface area contributed by atoms with Crippen LogP contribution in [0.2, 0.25) is 0 Å². The van der Waals surface area contributed by atoms with Gasteiger partial charge in [0.05, 0.1) is 33.0 Å². The van der Waals surface area contributed by atoms with Crippen molar-refractivity contribution in [2.75, 3.05) is 27.9 Å². The van der Waals surface area contributed by atoms with Crippen LogP contribution in [-0.2, 0) is 4.79 Å². The minimum absolute atomic E-state index is 0.0188. The Morgan fingerprint density at radius 2 is 1.76 bits per heavy atom. The fourth-order valence-electron chi connectivity index (χ4n) is 5.44. The molecular weight excluding hydrogens is 418 g/mol. The van der Waals surface area contributed by atoms with Crippen LogP contribution in [0.5, 0.6) is 17.2 Å². The number of carbonyl (C=O) groups excluding carboxylic acids is 1. The lowest BCUT2D eigenvalue weighted by molar-refractivity contribution is -0.151. The van der Waals surface area contributed by atoms with E-state index >= 15 is 0 Å². The lowest BCUT2D eigenvalue weighted by Gasteiger charge is -2.52. The van der Waals surface area contributed by atoms with Gasteiger partial charge in [-0.1, -0.05) is 37.1 Å². The third-order valence-electron chi connectivity index (χ3n) is 7.13. The molecule has 0 radical (unpaired) electrons. The van der Waals surface area contributed by atoms with Crippen LogP contribution >= 0.6 is 0 Å². The van der Waals surface area contributed by atoms with E-state index in [-0.39, 0.29) is 17.9 Å². The molecule has 0 spiro atoms. The van der Waals surface area contributed by atoms with Crippen molar-refractivity contribution in [1.82, 2.24) is 4.90 Å². The molecule has 3 atom stereocenters. The van der Waals surface area contributed by atoms with Crippen LogP contribution in [0.4, 0.5) is 0 Å². The summed E-state index contributed by atoms with van der Waals surface area (Å²) in [6, 6.07) is 13.2. The maximum atomic E-state index is 13.5. The van der Waals surface area contributed by atoms with Gasteiger partial charge in [-0.05, 0) is 49.1 Å². The molecule has 1 heterocycles. The number of fused-ring (bicyclic) bond motifs is 1. The first-order valence-electron chi connectivity index (χ1n) is 11.6. The number of hydrogen-bond acceptors (Lipinski definition) is 5. The summed E-state index contributed by atoms with van der Waals surface area (Å²) in [4.78, 5) is 15.4. The standard InChI is InChI=1S/C27H33NO5/c1-31-22-10-5-4-8-20(22)26-21-9-6-7-15-27(21,30)16-17-28(26)25(29)14-12-19-11-13-23(32-2)24(18-19)33-3/h4-5,8,10-14,18,21,26,30H,6-7,9,15-17H2,1-3H3/b14-12+/t21-,26-,27+/m0/s1. The molecule has 1 amide bonds. The zero-order chi connectivity index (χ0) is 23.4. The molecular formula is C27H33NO5. The smallest absolute Gasteiger partial charge is 0.247 e. The molecule has 2 fully saturated rings. The van der Waals surface area contributed by atoms with E-state index in [1.54, 1.807) is 33.5 Å². The van der Waals surface area contributed by atoms with Crippen LogP contribution in [-0.4, -0.2) is 49.4 Å². The normalized spacial score (nSPS) is 24.9. The predicted octanol–water partition coefficient (Wildman–Crippen LogP) is 4.62. The Morgan fingerprint density at radius 3 is 2.52 bits per heavy atom. The van der Waals surface area contributed by atoms with Crippen molar-refractivity contribution in [3.05, 3.63) is 59.7 Å². The molecule has 1 aliphatic carbocycles. The molecule has 1 saturated carbocycles. The molecule has 2 aliphatic rings. The van der Waals surface area contributed by atoms with E-state index in [9.17, 15) is 9.90 Å². The van der Waals surface area contributed by atoms with E-state index in [2.05, 4.69) is 0 Å². The van der Waals surface area contributed by atoms with Crippen molar-refractivity contribution in [3.8, 4) is 17.2 Å². The largest absolute Gasteiger partial charge is 0.496 e. The second kappa shape index (κ2) is 9.87. The van der Waals surface area contributed by atoms with Gasteiger partial charge in [0.15, 0.2) is 11.5 Å². The Labute approximate surface area is 195 Å². The monoisotopic (exact) mass is 451 g/mol. The summed E-state index contributed by atoms with van der Waals surface area (Å²) in [5.74, 6) is 1.91. The number of piperidine rings is 1. The number of rotatable bonds is 6. The summed E-state index contributed by atoms with van der Waals surface area (Å²) in [6.45, 7) is 0.505. The fraction of sp³-hybridized carbons (Fsp3) is 0.444. The maximum absolute atomic E-state index is 13.5. The van der Waals surface area contributed by atoms with E-state index in [4.69, 9.17) is 14.2 Å². The van der Waals surface area contributed by atoms with E-state index < -0.39 is 5.60 Å². The molecule has 1 aliphatic heterocycles. The van der Waals surface area contributed by atoms with Gasteiger partial charge >= 0.3 is 0 Å². The highest BCUT2D eigenvalue weighted by Gasteiger charge is 2.50. The van der Waals surface area contributed by atoms with Crippen LogP contribution in [0, 0.1) is 5.92 Å². The molecule has 1 N–H and O–H groups in total. The number of nitrogens with zero attached hydrogens (tertiary/aromatic N) is 1. The van der Waals surface area contributed by atoms with Crippen molar-refractivity contribution in [2.24, 2.45) is 5.92 Å².